The zero-order valence-corrected chi connectivity index (χ0v) is 14.1. The van der Waals surface area contributed by atoms with Gasteiger partial charge in [0.25, 0.3) is 5.91 Å². The van der Waals surface area contributed by atoms with E-state index < -0.39 is 0 Å². The summed E-state index contributed by atoms with van der Waals surface area (Å²) in [4.78, 5) is 12.4. The van der Waals surface area contributed by atoms with E-state index in [1.54, 1.807) is 12.1 Å². The number of halogens is 1. The average Bonchev–Trinajstić information content (AvgIpc) is 2.94. The van der Waals surface area contributed by atoms with Gasteiger partial charge in [0.1, 0.15) is 5.82 Å². The number of hydrogen-bond donors (Lipinski definition) is 2. The van der Waals surface area contributed by atoms with Crippen LogP contribution in [0.1, 0.15) is 52.8 Å². The van der Waals surface area contributed by atoms with Gasteiger partial charge in [-0.25, -0.2) is 4.39 Å². The number of ether oxygens (including phenoxy) is 1. The minimum absolute atomic E-state index is 0.0537. The fourth-order valence-electron chi connectivity index (χ4n) is 3.15. The van der Waals surface area contributed by atoms with Crippen molar-refractivity contribution in [1.82, 2.24) is 15.5 Å². The number of aromatic nitrogens is 2. The van der Waals surface area contributed by atoms with Gasteiger partial charge in [-0.1, -0.05) is 17.7 Å². The Balaban J connectivity index is 1.65. The van der Waals surface area contributed by atoms with Crippen LogP contribution in [0.2, 0.25) is 0 Å². The predicted molar refractivity (Wildman–Crippen MR) is 88.4 cm³/mol. The number of H-pyrrole nitrogens is 1. The van der Waals surface area contributed by atoms with Crippen LogP contribution in [0.4, 0.5) is 4.39 Å². The second kappa shape index (κ2) is 6.73. The second-order valence-electron chi connectivity index (χ2n) is 6.36. The predicted octanol–water partition coefficient (Wildman–Crippen LogP) is 2.85. The first-order valence-corrected chi connectivity index (χ1v) is 8.21. The number of nitrogens with one attached hydrogen (secondary N) is 2. The molecule has 0 saturated carbocycles. The van der Waals surface area contributed by atoms with Gasteiger partial charge in [0.15, 0.2) is 5.69 Å². The highest BCUT2D eigenvalue weighted by atomic mass is 19.1. The fraction of sp³-hybridized carbons (Fsp3) is 0.444. The number of nitrogens with zero attached hydrogens (tertiary/aromatic N) is 1. The van der Waals surface area contributed by atoms with Gasteiger partial charge < -0.3 is 10.1 Å². The highest BCUT2D eigenvalue weighted by Crippen LogP contribution is 2.29. The molecule has 3 rings (SSSR count). The summed E-state index contributed by atoms with van der Waals surface area (Å²) in [6, 6.07) is 5.00. The van der Waals surface area contributed by atoms with Crippen molar-refractivity contribution in [2.45, 2.75) is 45.8 Å². The molecule has 0 radical (unpaired) electrons. The van der Waals surface area contributed by atoms with Crippen LogP contribution in [0.25, 0.3) is 0 Å². The maximum absolute atomic E-state index is 13.7. The van der Waals surface area contributed by atoms with Gasteiger partial charge in [-0.05, 0) is 38.8 Å². The van der Waals surface area contributed by atoms with Crippen LogP contribution in [-0.2, 0) is 17.6 Å². The van der Waals surface area contributed by atoms with E-state index in [1.807, 2.05) is 20.8 Å². The molecule has 0 bridgehead atoms. The lowest BCUT2D eigenvalue weighted by molar-refractivity contribution is -0.00697. The third-order valence-electron chi connectivity index (χ3n) is 4.33. The molecule has 2 aromatic rings. The quantitative estimate of drug-likeness (QED) is 0.905. The molecule has 5 nitrogen and oxygen atoms in total. The van der Waals surface area contributed by atoms with Crippen molar-refractivity contribution in [1.29, 1.82) is 0 Å². The summed E-state index contributed by atoms with van der Waals surface area (Å²) in [5.74, 6) is -0.478. The third kappa shape index (κ3) is 3.33. The molecule has 6 heteroatoms. The van der Waals surface area contributed by atoms with Crippen LogP contribution in [0.3, 0.4) is 0 Å². The molecule has 1 aromatic carbocycles. The maximum Gasteiger partial charge on any atom is 0.272 e. The monoisotopic (exact) mass is 331 g/mol. The van der Waals surface area contributed by atoms with Gasteiger partial charge in [-0.15, -0.1) is 0 Å². The second-order valence-corrected chi connectivity index (χ2v) is 6.36. The number of amides is 1. The Bertz CT molecular complexity index is 757. The van der Waals surface area contributed by atoms with Gasteiger partial charge in [-0.3, -0.25) is 9.89 Å². The Morgan fingerprint density at radius 2 is 2.25 bits per heavy atom. The summed E-state index contributed by atoms with van der Waals surface area (Å²) >= 11 is 0. The van der Waals surface area contributed by atoms with Crippen LogP contribution in [0.15, 0.2) is 18.2 Å². The van der Waals surface area contributed by atoms with E-state index in [9.17, 15) is 9.18 Å². The third-order valence-corrected chi connectivity index (χ3v) is 4.33. The molecule has 0 fully saturated rings. The van der Waals surface area contributed by atoms with Gasteiger partial charge >= 0.3 is 0 Å². The number of fused-ring (bicyclic) bond motifs is 1. The first-order valence-electron chi connectivity index (χ1n) is 8.21. The zero-order chi connectivity index (χ0) is 17.3. The van der Waals surface area contributed by atoms with Crippen LogP contribution in [0.5, 0.6) is 0 Å². The van der Waals surface area contributed by atoms with Crippen LogP contribution >= 0.6 is 0 Å². The van der Waals surface area contributed by atoms with E-state index in [0.717, 1.165) is 16.8 Å². The number of benzene rings is 1. The van der Waals surface area contributed by atoms with E-state index in [4.69, 9.17) is 4.74 Å². The molecule has 2 N–H and O–H groups in total. The SMILES string of the molecule is Cc1ccc(F)c(CCNC(=O)c2n[nH]c3c2C[C@@H](C)O[C@H]3C)c1. The molecule has 1 aliphatic rings. The highest BCUT2D eigenvalue weighted by molar-refractivity contribution is 5.94. The summed E-state index contributed by atoms with van der Waals surface area (Å²) < 4.78 is 19.5. The lowest BCUT2D eigenvalue weighted by Crippen LogP contribution is -2.29. The molecule has 2 atom stereocenters. The normalized spacial score (nSPS) is 19.8. The summed E-state index contributed by atoms with van der Waals surface area (Å²) in [6.45, 7) is 6.20. The van der Waals surface area contributed by atoms with Crippen molar-refractivity contribution in [2.75, 3.05) is 6.54 Å². The molecule has 0 unspecified atom stereocenters. The Morgan fingerprint density at radius 3 is 3.04 bits per heavy atom. The van der Waals surface area contributed by atoms with Gasteiger partial charge in [0.05, 0.1) is 17.9 Å². The van der Waals surface area contributed by atoms with E-state index in [1.165, 1.54) is 6.07 Å². The fourth-order valence-corrected chi connectivity index (χ4v) is 3.15. The number of aryl methyl sites for hydroxylation is 1. The zero-order valence-electron chi connectivity index (χ0n) is 14.1. The van der Waals surface area contributed by atoms with E-state index in [0.29, 0.717) is 30.6 Å². The van der Waals surface area contributed by atoms with Crippen molar-refractivity contribution in [2.24, 2.45) is 0 Å². The Hall–Kier alpha value is -2.21. The standard InChI is InChI=1S/C18H22FN3O2/c1-10-4-5-15(19)13(8-10)6-7-20-18(23)17-14-9-11(2)24-12(3)16(14)21-22-17/h4-5,8,11-12H,6-7,9H2,1-3H3,(H,20,23)(H,21,22)/t11-,12+/m1/s1. The van der Waals surface area contributed by atoms with Gasteiger partial charge in [-0.2, -0.15) is 5.10 Å². The number of hydrogen-bond acceptors (Lipinski definition) is 3. The highest BCUT2D eigenvalue weighted by Gasteiger charge is 2.29. The Kier molecular flexibility index (Phi) is 4.66. The molecule has 0 aliphatic carbocycles. The van der Waals surface area contributed by atoms with E-state index in [2.05, 4.69) is 15.5 Å². The number of carbonyl (C=O) groups excluding carboxylic acids is 1. The summed E-state index contributed by atoms with van der Waals surface area (Å²) in [6.07, 6.45) is 1.06. The van der Waals surface area contributed by atoms with Gasteiger partial charge in [0.2, 0.25) is 0 Å². The molecule has 1 aliphatic heterocycles. The van der Waals surface area contributed by atoms with Crippen LogP contribution < -0.4 is 5.32 Å². The Labute approximate surface area is 140 Å². The Morgan fingerprint density at radius 1 is 1.46 bits per heavy atom. The molecule has 1 aromatic heterocycles. The van der Waals surface area contributed by atoms with Gasteiger partial charge in [0, 0.05) is 18.5 Å². The first kappa shape index (κ1) is 16.6. The van der Waals surface area contributed by atoms with Crippen molar-refractivity contribution in [3.8, 4) is 0 Å². The van der Waals surface area contributed by atoms with Crippen molar-refractivity contribution in [3.05, 3.63) is 52.1 Å². The van der Waals surface area contributed by atoms with Crippen molar-refractivity contribution >= 4 is 5.91 Å². The molecule has 128 valence electrons. The number of aromatic amines is 1. The topological polar surface area (TPSA) is 67.0 Å². The molecule has 0 saturated heterocycles. The summed E-state index contributed by atoms with van der Waals surface area (Å²) in [7, 11) is 0. The number of carbonyl (C=O) groups is 1. The average molecular weight is 331 g/mol. The molecule has 1 amide bonds. The minimum atomic E-state index is -0.244. The van der Waals surface area contributed by atoms with Crippen LogP contribution in [0, 0.1) is 12.7 Å². The van der Waals surface area contributed by atoms with E-state index >= 15 is 0 Å². The molecule has 0 spiro atoms. The van der Waals surface area contributed by atoms with Crippen LogP contribution in [-0.4, -0.2) is 28.8 Å². The maximum atomic E-state index is 13.7. The van der Waals surface area contributed by atoms with Crippen molar-refractivity contribution in [3.63, 3.8) is 0 Å². The lowest BCUT2D eigenvalue weighted by Gasteiger charge is -2.25. The smallest absolute Gasteiger partial charge is 0.272 e. The summed E-state index contributed by atoms with van der Waals surface area (Å²) in [5.41, 5.74) is 3.80. The van der Waals surface area contributed by atoms with E-state index in [-0.39, 0.29) is 23.9 Å². The minimum Gasteiger partial charge on any atom is -0.369 e. The first-order chi connectivity index (χ1) is 11.5. The molecule has 24 heavy (non-hydrogen) atoms. The summed E-state index contributed by atoms with van der Waals surface area (Å²) in [5, 5.41) is 9.89. The lowest BCUT2D eigenvalue weighted by atomic mass is 9.99. The molecular formula is C18H22FN3O2. The molecular weight excluding hydrogens is 309 g/mol. The number of rotatable bonds is 4. The van der Waals surface area contributed by atoms with Crippen molar-refractivity contribution < 1.29 is 13.9 Å². The molecule has 2 heterocycles. The largest absolute Gasteiger partial charge is 0.369 e.